The van der Waals surface area contributed by atoms with Gasteiger partial charge in [0.15, 0.2) is 5.82 Å². The fourth-order valence-corrected chi connectivity index (χ4v) is 1.60. The average Bonchev–Trinajstić information content (AvgIpc) is 2.72. The van der Waals surface area contributed by atoms with Gasteiger partial charge in [0, 0.05) is 6.42 Å². The molecule has 0 aliphatic carbocycles. The normalized spacial score (nSPS) is 10.9. The van der Waals surface area contributed by atoms with Gasteiger partial charge in [-0.3, -0.25) is 5.09 Å². The molecule has 0 radical (unpaired) electrons. The lowest BCUT2D eigenvalue weighted by atomic mass is 10.4. The lowest BCUT2D eigenvalue weighted by Gasteiger charge is -1.95. The number of hydrogen-bond acceptors (Lipinski definition) is 4. The zero-order valence-electron chi connectivity index (χ0n) is 8.87. The van der Waals surface area contributed by atoms with Gasteiger partial charge in [-0.05, 0) is 0 Å². The van der Waals surface area contributed by atoms with Crippen molar-refractivity contribution in [1.82, 2.24) is 15.0 Å². The number of fused-ring (bicyclic) bond motifs is 1. The molecule has 0 atom stereocenters. The van der Waals surface area contributed by atoms with Crippen LogP contribution in [-0.4, -0.2) is 22.1 Å². The molecular formula is C8H11N5O2P+. The van der Waals surface area contributed by atoms with Crippen molar-refractivity contribution in [2.45, 2.75) is 13.3 Å². The van der Waals surface area contributed by atoms with Crippen molar-refractivity contribution < 1.29 is 14.3 Å². The molecule has 7 nitrogen and oxygen atoms in total. The summed E-state index contributed by atoms with van der Waals surface area (Å²) in [5.74, 6) is 1.15. The summed E-state index contributed by atoms with van der Waals surface area (Å²) in [7, 11) is 1.33. The summed E-state index contributed by atoms with van der Waals surface area (Å²) < 4.78 is 15.6. The molecule has 0 unspecified atom stereocenters. The van der Waals surface area contributed by atoms with Gasteiger partial charge >= 0.3 is 11.7 Å². The minimum absolute atomic E-state index is 0.209. The summed E-state index contributed by atoms with van der Waals surface area (Å²) in [5.41, 5.74) is 1.26. The standard InChI is InChI=1S/C8H10N5O2P/c1-3-4-9-6-5(7(10-4)13-16-14)11-8(12-6)15-2/h3H2,1-2H3,(H2,9,10,11,12,13,14)/p+1. The second-order valence-electron chi connectivity index (χ2n) is 3.05. The molecule has 0 aliphatic rings. The maximum atomic E-state index is 10.6. The van der Waals surface area contributed by atoms with E-state index >= 15 is 0 Å². The van der Waals surface area contributed by atoms with E-state index in [0.717, 1.165) is 0 Å². The Morgan fingerprint density at radius 3 is 3.00 bits per heavy atom. The number of anilines is 1. The van der Waals surface area contributed by atoms with Gasteiger partial charge < -0.3 is 4.74 Å². The van der Waals surface area contributed by atoms with Crippen LogP contribution >= 0.6 is 8.61 Å². The van der Waals surface area contributed by atoms with Crippen LogP contribution in [0.25, 0.3) is 11.2 Å². The van der Waals surface area contributed by atoms with E-state index in [1.807, 2.05) is 6.92 Å². The van der Waals surface area contributed by atoms with Gasteiger partial charge in [-0.15, -0.1) is 0 Å². The molecule has 2 aromatic heterocycles. The van der Waals surface area contributed by atoms with Crippen molar-refractivity contribution in [2.24, 2.45) is 0 Å². The van der Waals surface area contributed by atoms with E-state index in [9.17, 15) is 4.57 Å². The molecule has 0 amide bonds. The number of rotatable bonds is 4. The van der Waals surface area contributed by atoms with Crippen LogP contribution in [-0.2, 0) is 11.0 Å². The monoisotopic (exact) mass is 240 g/mol. The highest BCUT2D eigenvalue weighted by atomic mass is 31.1. The van der Waals surface area contributed by atoms with Crippen molar-refractivity contribution in [3.63, 3.8) is 0 Å². The van der Waals surface area contributed by atoms with Crippen LogP contribution < -0.4 is 14.8 Å². The Morgan fingerprint density at radius 1 is 1.56 bits per heavy atom. The number of aromatic amines is 2. The smallest absolute Gasteiger partial charge is 0.395 e. The first kappa shape index (κ1) is 10.8. The third-order valence-electron chi connectivity index (χ3n) is 2.10. The zero-order valence-corrected chi connectivity index (χ0v) is 9.76. The summed E-state index contributed by atoms with van der Waals surface area (Å²) >= 11 is 0. The molecule has 0 aromatic carbocycles. The fraction of sp³-hybridized carbons (Fsp3) is 0.375. The third kappa shape index (κ3) is 1.81. The second kappa shape index (κ2) is 4.40. The van der Waals surface area contributed by atoms with Crippen molar-refractivity contribution in [3.8, 4) is 6.01 Å². The van der Waals surface area contributed by atoms with E-state index in [-0.39, 0.29) is 8.61 Å². The van der Waals surface area contributed by atoms with Crippen molar-refractivity contribution in [1.29, 1.82) is 0 Å². The molecule has 2 rings (SSSR count). The molecule has 0 aliphatic heterocycles. The lowest BCUT2D eigenvalue weighted by Crippen LogP contribution is -2.06. The SMILES string of the molecule is CCc1nc(NP=O)c2[nH]c(OC)[nH+]c2n1. The van der Waals surface area contributed by atoms with Crippen LogP contribution in [0.2, 0.25) is 0 Å². The first-order valence-electron chi connectivity index (χ1n) is 4.72. The molecule has 2 heterocycles. The Bertz CT molecular complexity index is 526. The van der Waals surface area contributed by atoms with Gasteiger partial charge in [0.2, 0.25) is 11.3 Å². The minimum atomic E-state index is -0.209. The molecule has 0 bridgehead atoms. The number of hydrogen-bond donors (Lipinski definition) is 2. The van der Waals surface area contributed by atoms with Crippen molar-refractivity contribution in [3.05, 3.63) is 5.82 Å². The number of methoxy groups -OCH3 is 1. The van der Waals surface area contributed by atoms with Crippen LogP contribution in [0.4, 0.5) is 5.82 Å². The highest BCUT2D eigenvalue weighted by Gasteiger charge is 2.18. The Kier molecular flexibility index (Phi) is 2.96. The lowest BCUT2D eigenvalue weighted by molar-refractivity contribution is -0.364. The fourth-order valence-electron chi connectivity index (χ4n) is 1.35. The van der Waals surface area contributed by atoms with Gasteiger partial charge in [-0.2, -0.15) is 4.98 Å². The molecular weight excluding hydrogens is 229 g/mol. The largest absolute Gasteiger partial charge is 0.446 e. The summed E-state index contributed by atoms with van der Waals surface area (Å²) in [6.07, 6.45) is 0.696. The van der Waals surface area contributed by atoms with Crippen LogP contribution in [0.5, 0.6) is 6.01 Å². The number of nitrogens with one attached hydrogen (secondary N) is 3. The topological polar surface area (TPSA) is 94.0 Å². The molecule has 0 saturated heterocycles. The van der Waals surface area contributed by atoms with Crippen LogP contribution in [0.1, 0.15) is 12.7 Å². The number of aryl methyl sites for hydroxylation is 1. The summed E-state index contributed by atoms with van der Waals surface area (Å²) in [6.45, 7) is 1.95. The Hall–Kier alpha value is -1.75. The van der Waals surface area contributed by atoms with E-state index < -0.39 is 0 Å². The van der Waals surface area contributed by atoms with Gasteiger partial charge in [-0.1, -0.05) is 11.9 Å². The summed E-state index contributed by atoms with van der Waals surface area (Å²) in [4.78, 5) is 14.4. The maximum Gasteiger partial charge on any atom is 0.395 e. The predicted octanol–water partition coefficient (Wildman–Crippen LogP) is 0.962. The molecule has 3 N–H and O–H groups in total. The van der Waals surface area contributed by atoms with Crippen molar-refractivity contribution in [2.75, 3.05) is 12.2 Å². The first-order valence-corrected chi connectivity index (χ1v) is 5.54. The predicted molar refractivity (Wildman–Crippen MR) is 57.6 cm³/mol. The second-order valence-corrected chi connectivity index (χ2v) is 3.46. The van der Waals surface area contributed by atoms with E-state index in [2.05, 4.69) is 25.0 Å². The molecule has 0 fully saturated rings. The molecule has 0 saturated carbocycles. The molecule has 16 heavy (non-hydrogen) atoms. The maximum absolute atomic E-state index is 10.6. The van der Waals surface area contributed by atoms with E-state index in [4.69, 9.17) is 4.74 Å². The first-order chi connectivity index (χ1) is 7.78. The minimum Gasteiger partial charge on any atom is -0.446 e. The Balaban J connectivity index is 2.63. The Morgan fingerprint density at radius 2 is 2.38 bits per heavy atom. The van der Waals surface area contributed by atoms with Gasteiger partial charge in [0.1, 0.15) is 0 Å². The van der Waals surface area contributed by atoms with Crippen LogP contribution in [0.3, 0.4) is 0 Å². The zero-order chi connectivity index (χ0) is 11.5. The molecule has 84 valence electrons. The third-order valence-corrected chi connectivity index (χ3v) is 2.40. The average molecular weight is 240 g/mol. The van der Waals surface area contributed by atoms with Crippen molar-refractivity contribution >= 4 is 25.6 Å². The number of ether oxygens (including phenoxy) is 1. The number of imidazole rings is 1. The van der Waals surface area contributed by atoms with Gasteiger partial charge in [0.25, 0.3) is 8.61 Å². The molecule has 2 aromatic rings. The highest BCUT2D eigenvalue weighted by molar-refractivity contribution is 7.25. The van der Waals surface area contributed by atoms with E-state index in [1.165, 1.54) is 7.11 Å². The van der Waals surface area contributed by atoms with Gasteiger partial charge in [0.05, 0.1) is 7.11 Å². The number of aromatic nitrogens is 4. The summed E-state index contributed by atoms with van der Waals surface area (Å²) in [6, 6.07) is 0.475. The van der Waals surface area contributed by atoms with Crippen LogP contribution in [0, 0.1) is 0 Å². The summed E-state index contributed by atoms with van der Waals surface area (Å²) in [5, 5.41) is 2.62. The number of H-pyrrole nitrogens is 2. The van der Waals surface area contributed by atoms with E-state index in [1.54, 1.807) is 0 Å². The Labute approximate surface area is 92.9 Å². The quantitative estimate of drug-likeness (QED) is 0.776. The highest BCUT2D eigenvalue weighted by Crippen LogP contribution is 2.20. The molecule has 8 heteroatoms. The molecule has 0 spiro atoms. The van der Waals surface area contributed by atoms with Gasteiger partial charge in [-0.25, -0.2) is 14.5 Å². The number of nitrogens with zero attached hydrogens (tertiary/aromatic N) is 2. The van der Waals surface area contributed by atoms with Crippen LogP contribution in [0.15, 0.2) is 0 Å². The van der Waals surface area contributed by atoms with E-state index in [0.29, 0.717) is 35.2 Å².